The molecule has 2 aromatic carbocycles. The van der Waals surface area contributed by atoms with Gasteiger partial charge in [0.25, 0.3) is 11.8 Å². The topological polar surface area (TPSA) is 46.2 Å². The van der Waals surface area contributed by atoms with E-state index in [2.05, 4.69) is 18.8 Å². The summed E-state index contributed by atoms with van der Waals surface area (Å²) < 4.78 is 0. The van der Waals surface area contributed by atoms with Gasteiger partial charge in [0.2, 0.25) is 0 Å². The first kappa shape index (κ1) is 17.9. The maximum atomic E-state index is 12.8. The molecule has 0 aromatic heterocycles. The molecule has 0 unspecified atom stereocenters. The van der Waals surface area contributed by atoms with E-state index < -0.39 is 0 Å². The molecule has 0 radical (unpaired) electrons. The summed E-state index contributed by atoms with van der Waals surface area (Å²) in [5.74, 6) is -0.658. The monoisotopic (exact) mass is 345 g/mol. The van der Waals surface area contributed by atoms with Crippen molar-refractivity contribution in [3.8, 4) is 0 Å². The lowest BCUT2D eigenvalue weighted by Crippen LogP contribution is -2.23. The van der Waals surface area contributed by atoms with Gasteiger partial charge in [-0.05, 0) is 53.1 Å². The molecule has 132 valence electrons. The summed E-state index contributed by atoms with van der Waals surface area (Å²) >= 11 is 0. The third kappa shape index (κ3) is 2.80. The number of nitrogens with one attached hydrogen (secondary N) is 1. The van der Waals surface area contributed by atoms with E-state index >= 15 is 0 Å². The molecule has 1 N–H and O–H groups in total. The zero-order valence-corrected chi connectivity index (χ0v) is 15.5. The quantitative estimate of drug-likeness (QED) is 0.820. The van der Waals surface area contributed by atoms with Crippen LogP contribution in [0.25, 0.3) is 17.2 Å². The fourth-order valence-corrected chi connectivity index (χ4v) is 3.70. The molecule has 26 heavy (non-hydrogen) atoms. The van der Waals surface area contributed by atoms with Crippen LogP contribution in [0.5, 0.6) is 0 Å². The Kier molecular flexibility index (Phi) is 4.90. The average Bonchev–Trinajstić information content (AvgIpc) is 2.93. The second kappa shape index (κ2) is 7.12. The lowest BCUT2D eigenvalue weighted by molar-refractivity contribution is -0.122. The molecule has 2 aromatic rings. The minimum Gasteiger partial charge on any atom is -0.288 e. The van der Waals surface area contributed by atoms with Crippen LogP contribution in [-0.2, 0) is 22.4 Å². The van der Waals surface area contributed by atoms with Crippen LogP contribution >= 0.6 is 0 Å². The number of carbonyl (C=O) groups is 2. The smallest absolute Gasteiger partial charge is 0.259 e. The van der Waals surface area contributed by atoms with Crippen molar-refractivity contribution in [3.63, 3.8) is 0 Å². The van der Waals surface area contributed by atoms with E-state index in [0.717, 1.165) is 46.2 Å². The maximum absolute atomic E-state index is 12.8. The first-order valence-corrected chi connectivity index (χ1v) is 8.96. The van der Waals surface area contributed by atoms with Gasteiger partial charge in [0.05, 0.1) is 11.1 Å². The van der Waals surface area contributed by atoms with Gasteiger partial charge in [0.1, 0.15) is 0 Å². The zero-order chi connectivity index (χ0) is 18.8. The largest absolute Gasteiger partial charge is 0.288 e. The van der Waals surface area contributed by atoms with E-state index in [-0.39, 0.29) is 11.8 Å². The first-order valence-electron chi connectivity index (χ1n) is 8.96. The van der Waals surface area contributed by atoms with Crippen LogP contribution in [0.3, 0.4) is 0 Å². The normalized spacial score (nSPS) is 14.0. The summed E-state index contributed by atoms with van der Waals surface area (Å²) in [4.78, 5) is 25.6. The number of carbonyl (C=O) groups excluding carboxylic acids is 2. The lowest BCUT2D eigenvalue weighted by Gasteiger charge is -2.16. The lowest BCUT2D eigenvalue weighted by atomic mass is 9.85. The van der Waals surface area contributed by atoms with Gasteiger partial charge in [-0.15, -0.1) is 0 Å². The Labute approximate surface area is 154 Å². The fourth-order valence-electron chi connectivity index (χ4n) is 3.70. The summed E-state index contributed by atoms with van der Waals surface area (Å²) in [5, 5.41) is 2.51. The van der Waals surface area contributed by atoms with E-state index in [0.29, 0.717) is 11.1 Å². The molecule has 1 aliphatic rings. The van der Waals surface area contributed by atoms with Gasteiger partial charge in [0.15, 0.2) is 0 Å². The molecular weight excluding hydrogens is 322 g/mol. The van der Waals surface area contributed by atoms with Crippen molar-refractivity contribution >= 4 is 29.0 Å². The van der Waals surface area contributed by atoms with Crippen LogP contribution in [0.2, 0.25) is 0 Å². The highest BCUT2D eigenvalue weighted by atomic mass is 16.2. The first-order chi connectivity index (χ1) is 12.5. The second-order valence-corrected chi connectivity index (χ2v) is 6.43. The van der Waals surface area contributed by atoms with Crippen molar-refractivity contribution < 1.29 is 9.59 Å². The predicted octanol–water partition coefficient (Wildman–Crippen LogP) is 4.33. The van der Waals surface area contributed by atoms with Crippen LogP contribution < -0.4 is 5.32 Å². The number of hydrogen-bond acceptors (Lipinski definition) is 2. The van der Waals surface area contributed by atoms with Gasteiger partial charge < -0.3 is 0 Å². The molecule has 3 nitrogen and oxygen atoms in total. The number of amides is 2. The van der Waals surface area contributed by atoms with E-state index in [1.807, 2.05) is 50.2 Å². The van der Waals surface area contributed by atoms with E-state index in [1.165, 1.54) is 0 Å². The summed E-state index contributed by atoms with van der Waals surface area (Å²) in [6.45, 7) is 9.98. The number of benzene rings is 2. The number of rotatable bonds is 5. The van der Waals surface area contributed by atoms with Crippen molar-refractivity contribution in [2.75, 3.05) is 0 Å². The van der Waals surface area contributed by atoms with Crippen LogP contribution in [0.1, 0.15) is 47.2 Å². The Morgan fingerprint density at radius 1 is 0.885 bits per heavy atom. The van der Waals surface area contributed by atoms with Gasteiger partial charge in [-0.25, -0.2) is 0 Å². The van der Waals surface area contributed by atoms with Crippen molar-refractivity contribution in [3.05, 3.63) is 76.4 Å². The molecule has 0 fully saturated rings. The molecular formula is C23H23NO2. The predicted molar refractivity (Wildman–Crippen MR) is 106 cm³/mol. The molecule has 1 heterocycles. The second-order valence-electron chi connectivity index (χ2n) is 6.43. The van der Waals surface area contributed by atoms with E-state index in [1.54, 1.807) is 6.08 Å². The fraction of sp³-hybridized carbons (Fsp3) is 0.217. The molecule has 0 bridgehead atoms. The molecule has 0 atom stereocenters. The van der Waals surface area contributed by atoms with Crippen molar-refractivity contribution in [2.24, 2.45) is 0 Å². The number of aryl methyl sites for hydroxylation is 3. The maximum Gasteiger partial charge on any atom is 0.259 e. The highest BCUT2D eigenvalue weighted by Gasteiger charge is 2.35. The third-order valence-electron chi connectivity index (χ3n) is 4.95. The molecule has 0 saturated carbocycles. The minimum atomic E-state index is -0.334. The molecule has 0 spiro atoms. The van der Waals surface area contributed by atoms with Gasteiger partial charge >= 0.3 is 0 Å². The Bertz CT molecular complexity index is 951. The molecule has 3 rings (SSSR count). The molecule has 0 aliphatic carbocycles. The average molecular weight is 345 g/mol. The Morgan fingerprint density at radius 3 is 2.00 bits per heavy atom. The van der Waals surface area contributed by atoms with Gasteiger partial charge in [-0.1, -0.05) is 62.9 Å². The standard InChI is InChI=1S/C23H23NO2/c1-5-15-11-8-10-14(4)18(15)20-21(23(26)24-22(20)25)19-16(6-2)12-9-13-17(19)7-3/h6,8-13H,2,5,7H2,1,3-4H3,(H,24,25,26). The van der Waals surface area contributed by atoms with E-state index in [4.69, 9.17) is 0 Å². The van der Waals surface area contributed by atoms with Crippen molar-refractivity contribution in [1.29, 1.82) is 0 Å². The van der Waals surface area contributed by atoms with Crippen molar-refractivity contribution in [2.45, 2.75) is 33.6 Å². The summed E-state index contributed by atoms with van der Waals surface area (Å²) in [7, 11) is 0. The zero-order valence-electron chi connectivity index (χ0n) is 15.5. The Balaban J connectivity index is 2.44. The summed E-state index contributed by atoms with van der Waals surface area (Å²) in [5.41, 5.74) is 6.59. The van der Waals surface area contributed by atoms with Crippen LogP contribution in [0.15, 0.2) is 43.0 Å². The Morgan fingerprint density at radius 2 is 1.42 bits per heavy atom. The number of hydrogen-bond donors (Lipinski definition) is 1. The minimum absolute atomic E-state index is 0.324. The van der Waals surface area contributed by atoms with Gasteiger partial charge in [-0.2, -0.15) is 0 Å². The molecule has 1 aliphatic heterocycles. The van der Waals surface area contributed by atoms with E-state index in [9.17, 15) is 9.59 Å². The highest BCUT2D eigenvalue weighted by Crippen LogP contribution is 2.38. The summed E-state index contributed by atoms with van der Waals surface area (Å²) in [6, 6.07) is 11.9. The summed E-state index contributed by atoms with van der Waals surface area (Å²) in [6.07, 6.45) is 3.30. The third-order valence-corrected chi connectivity index (χ3v) is 4.95. The Hall–Kier alpha value is -2.94. The van der Waals surface area contributed by atoms with Crippen molar-refractivity contribution in [1.82, 2.24) is 5.32 Å². The van der Waals surface area contributed by atoms with Gasteiger partial charge in [0, 0.05) is 0 Å². The SMILES string of the molecule is C=Cc1cccc(CC)c1C1=C(c2c(C)cccc2CC)C(=O)NC1=O. The van der Waals surface area contributed by atoms with Crippen LogP contribution in [0, 0.1) is 6.92 Å². The number of imide groups is 1. The van der Waals surface area contributed by atoms with Crippen LogP contribution in [0.4, 0.5) is 0 Å². The molecule has 2 amide bonds. The molecule has 3 heteroatoms. The van der Waals surface area contributed by atoms with Gasteiger partial charge in [-0.3, -0.25) is 14.9 Å². The molecule has 0 saturated heterocycles. The highest BCUT2D eigenvalue weighted by molar-refractivity contribution is 6.49. The van der Waals surface area contributed by atoms with Crippen LogP contribution in [-0.4, -0.2) is 11.8 Å².